The van der Waals surface area contributed by atoms with Crippen molar-refractivity contribution in [2.24, 2.45) is 0 Å². The maximum atomic E-state index is 5.66. The number of benzene rings is 1. The molecule has 100 valence electrons. The van der Waals surface area contributed by atoms with Gasteiger partial charge in [0.15, 0.2) is 0 Å². The van der Waals surface area contributed by atoms with E-state index in [0.717, 1.165) is 38.4 Å². The van der Waals surface area contributed by atoms with E-state index in [1.165, 1.54) is 16.8 Å². The molecule has 1 N–H and O–H groups in total. The summed E-state index contributed by atoms with van der Waals surface area (Å²) in [6.45, 7) is 5.94. The summed E-state index contributed by atoms with van der Waals surface area (Å²) in [5.41, 5.74) is 4.07. The van der Waals surface area contributed by atoms with Gasteiger partial charge in [-0.2, -0.15) is 0 Å². The SMILES string of the molecule is CCNCc1ccoc1CN1CCc2ccccc21. The largest absolute Gasteiger partial charge is 0.467 e. The van der Waals surface area contributed by atoms with Gasteiger partial charge in [0.2, 0.25) is 0 Å². The van der Waals surface area contributed by atoms with E-state index in [0.29, 0.717) is 0 Å². The molecule has 0 unspecified atom stereocenters. The molecule has 3 heteroatoms. The van der Waals surface area contributed by atoms with Crippen LogP contribution >= 0.6 is 0 Å². The van der Waals surface area contributed by atoms with Gasteiger partial charge in [-0.05, 0) is 30.7 Å². The summed E-state index contributed by atoms with van der Waals surface area (Å²) in [7, 11) is 0. The lowest BCUT2D eigenvalue weighted by Crippen LogP contribution is -2.21. The Morgan fingerprint density at radius 1 is 1.26 bits per heavy atom. The Hall–Kier alpha value is -1.74. The summed E-state index contributed by atoms with van der Waals surface area (Å²) in [5.74, 6) is 1.08. The number of anilines is 1. The van der Waals surface area contributed by atoms with E-state index in [9.17, 15) is 0 Å². The van der Waals surface area contributed by atoms with E-state index >= 15 is 0 Å². The highest BCUT2D eigenvalue weighted by Gasteiger charge is 2.20. The number of nitrogens with one attached hydrogen (secondary N) is 1. The Bertz CT molecular complexity index is 547. The van der Waals surface area contributed by atoms with Crippen LogP contribution in [0.5, 0.6) is 0 Å². The predicted molar refractivity (Wildman–Crippen MR) is 77.3 cm³/mol. The van der Waals surface area contributed by atoms with Crippen molar-refractivity contribution < 1.29 is 4.42 Å². The van der Waals surface area contributed by atoms with Crippen LogP contribution in [0.25, 0.3) is 0 Å². The van der Waals surface area contributed by atoms with Gasteiger partial charge in [0.25, 0.3) is 0 Å². The minimum atomic E-state index is 0.866. The summed E-state index contributed by atoms with van der Waals surface area (Å²) in [6, 6.07) is 10.7. The lowest BCUT2D eigenvalue weighted by atomic mass is 10.2. The van der Waals surface area contributed by atoms with Crippen LogP contribution in [0.3, 0.4) is 0 Å². The fourth-order valence-electron chi connectivity index (χ4n) is 2.67. The van der Waals surface area contributed by atoms with Crippen LogP contribution in [0.4, 0.5) is 5.69 Å². The third-order valence-corrected chi connectivity index (χ3v) is 3.72. The molecule has 3 rings (SSSR count). The van der Waals surface area contributed by atoms with Crippen LogP contribution in [0.15, 0.2) is 41.0 Å². The fourth-order valence-corrected chi connectivity index (χ4v) is 2.67. The Kier molecular flexibility index (Phi) is 3.56. The van der Waals surface area contributed by atoms with Gasteiger partial charge in [0.1, 0.15) is 5.76 Å². The molecule has 0 saturated carbocycles. The van der Waals surface area contributed by atoms with Crippen molar-refractivity contribution in [1.29, 1.82) is 0 Å². The maximum Gasteiger partial charge on any atom is 0.127 e. The molecule has 0 fully saturated rings. The molecule has 1 aromatic heterocycles. The number of fused-ring (bicyclic) bond motifs is 1. The van der Waals surface area contributed by atoms with Crippen LogP contribution in [-0.4, -0.2) is 13.1 Å². The first kappa shape index (κ1) is 12.3. The normalized spacial score (nSPS) is 13.8. The number of furan rings is 1. The molecular weight excluding hydrogens is 236 g/mol. The highest BCUT2D eigenvalue weighted by Crippen LogP contribution is 2.29. The third-order valence-electron chi connectivity index (χ3n) is 3.72. The van der Waals surface area contributed by atoms with Gasteiger partial charge in [0, 0.05) is 24.3 Å². The average Bonchev–Trinajstić information content (AvgIpc) is 3.05. The Labute approximate surface area is 114 Å². The number of hydrogen-bond donors (Lipinski definition) is 1. The van der Waals surface area contributed by atoms with Crippen molar-refractivity contribution in [1.82, 2.24) is 5.32 Å². The van der Waals surface area contributed by atoms with E-state index in [2.05, 4.69) is 47.5 Å². The van der Waals surface area contributed by atoms with Crippen molar-refractivity contribution >= 4 is 5.69 Å². The zero-order chi connectivity index (χ0) is 13.1. The van der Waals surface area contributed by atoms with E-state index < -0.39 is 0 Å². The van der Waals surface area contributed by atoms with Gasteiger partial charge >= 0.3 is 0 Å². The average molecular weight is 256 g/mol. The van der Waals surface area contributed by atoms with Crippen LogP contribution in [-0.2, 0) is 19.5 Å². The summed E-state index contributed by atoms with van der Waals surface area (Å²) < 4.78 is 5.66. The lowest BCUT2D eigenvalue weighted by molar-refractivity contribution is 0.497. The molecule has 0 amide bonds. The van der Waals surface area contributed by atoms with E-state index in [1.807, 2.05) is 0 Å². The van der Waals surface area contributed by atoms with Gasteiger partial charge < -0.3 is 14.6 Å². The first-order valence-electron chi connectivity index (χ1n) is 6.97. The molecule has 1 aliphatic rings. The smallest absolute Gasteiger partial charge is 0.127 e. The zero-order valence-electron chi connectivity index (χ0n) is 11.4. The molecule has 2 heterocycles. The third kappa shape index (κ3) is 2.51. The monoisotopic (exact) mass is 256 g/mol. The first-order chi connectivity index (χ1) is 9.38. The maximum absolute atomic E-state index is 5.66. The second-order valence-corrected chi connectivity index (χ2v) is 4.95. The summed E-state index contributed by atoms with van der Waals surface area (Å²) in [5, 5.41) is 3.36. The second kappa shape index (κ2) is 5.49. The molecule has 0 radical (unpaired) electrons. The van der Waals surface area contributed by atoms with Crippen LogP contribution in [0.1, 0.15) is 23.8 Å². The van der Waals surface area contributed by atoms with Gasteiger partial charge in [0.05, 0.1) is 12.8 Å². The zero-order valence-corrected chi connectivity index (χ0v) is 11.4. The molecule has 3 nitrogen and oxygen atoms in total. The molecule has 0 bridgehead atoms. The summed E-state index contributed by atoms with van der Waals surface area (Å²) >= 11 is 0. The Morgan fingerprint density at radius 3 is 3.05 bits per heavy atom. The first-order valence-corrected chi connectivity index (χ1v) is 6.97. The number of hydrogen-bond acceptors (Lipinski definition) is 3. The van der Waals surface area contributed by atoms with Crippen LogP contribution < -0.4 is 10.2 Å². The minimum absolute atomic E-state index is 0.866. The van der Waals surface area contributed by atoms with Gasteiger partial charge in [-0.15, -0.1) is 0 Å². The minimum Gasteiger partial charge on any atom is -0.467 e. The molecule has 1 aliphatic heterocycles. The highest BCUT2D eigenvalue weighted by atomic mass is 16.3. The topological polar surface area (TPSA) is 28.4 Å². The predicted octanol–water partition coefficient (Wildman–Crippen LogP) is 2.95. The molecular formula is C16H20N2O. The van der Waals surface area contributed by atoms with Gasteiger partial charge in [-0.25, -0.2) is 0 Å². The number of nitrogens with zero attached hydrogens (tertiary/aromatic N) is 1. The summed E-state index contributed by atoms with van der Waals surface area (Å²) in [4.78, 5) is 2.41. The fraction of sp³-hybridized carbons (Fsp3) is 0.375. The molecule has 0 spiro atoms. The lowest BCUT2D eigenvalue weighted by Gasteiger charge is -2.18. The van der Waals surface area contributed by atoms with Crippen molar-refractivity contribution in [3.63, 3.8) is 0 Å². The second-order valence-electron chi connectivity index (χ2n) is 4.95. The van der Waals surface area contributed by atoms with Crippen LogP contribution in [0, 0.1) is 0 Å². The van der Waals surface area contributed by atoms with E-state index in [-0.39, 0.29) is 0 Å². The van der Waals surface area contributed by atoms with E-state index in [1.54, 1.807) is 6.26 Å². The molecule has 0 saturated heterocycles. The quantitative estimate of drug-likeness (QED) is 0.891. The molecule has 0 aliphatic carbocycles. The van der Waals surface area contributed by atoms with Crippen LogP contribution in [0.2, 0.25) is 0 Å². The van der Waals surface area contributed by atoms with Crippen molar-refractivity contribution in [2.45, 2.75) is 26.4 Å². The van der Waals surface area contributed by atoms with Crippen molar-refractivity contribution in [3.05, 3.63) is 53.5 Å². The number of rotatable bonds is 5. The molecule has 1 aromatic carbocycles. The molecule has 2 aromatic rings. The van der Waals surface area contributed by atoms with Crippen molar-refractivity contribution in [2.75, 3.05) is 18.0 Å². The van der Waals surface area contributed by atoms with Gasteiger partial charge in [-0.1, -0.05) is 25.1 Å². The Balaban J connectivity index is 1.74. The Morgan fingerprint density at radius 2 is 2.16 bits per heavy atom. The molecule has 19 heavy (non-hydrogen) atoms. The van der Waals surface area contributed by atoms with Gasteiger partial charge in [-0.3, -0.25) is 0 Å². The molecule has 0 atom stereocenters. The van der Waals surface area contributed by atoms with E-state index in [4.69, 9.17) is 4.42 Å². The van der Waals surface area contributed by atoms with Crippen molar-refractivity contribution in [3.8, 4) is 0 Å². The standard InChI is InChI=1S/C16H20N2O/c1-2-17-11-14-8-10-19-16(14)12-18-9-7-13-5-3-4-6-15(13)18/h3-6,8,10,17H,2,7,9,11-12H2,1H3. The summed E-state index contributed by atoms with van der Waals surface area (Å²) in [6.07, 6.45) is 2.93. The number of para-hydroxylation sites is 1. The highest BCUT2D eigenvalue weighted by molar-refractivity contribution is 5.57.